The van der Waals surface area contributed by atoms with Gasteiger partial charge in [-0.2, -0.15) is 0 Å². The number of fused-ring (bicyclic) bond motifs is 1. The van der Waals surface area contributed by atoms with Crippen molar-refractivity contribution in [1.82, 2.24) is 0 Å². The van der Waals surface area contributed by atoms with E-state index in [9.17, 15) is 4.79 Å². The zero-order chi connectivity index (χ0) is 17.2. The van der Waals surface area contributed by atoms with Crippen LogP contribution in [0.4, 0.5) is 11.4 Å². The number of ether oxygens (including phenoxy) is 1. The second kappa shape index (κ2) is 6.24. The zero-order valence-electron chi connectivity index (χ0n) is 13.7. The van der Waals surface area contributed by atoms with Gasteiger partial charge < -0.3 is 9.64 Å². The number of hydrogen-bond donors (Lipinski definition) is 0. The third-order valence-electron chi connectivity index (χ3n) is 4.08. The third-order valence-corrected chi connectivity index (χ3v) is 4.08. The first-order valence-electron chi connectivity index (χ1n) is 8.01. The molecule has 4 nitrogen and oxygen atoms in total. The van der Waals surface area contributed by atoms with E-state index in [1.54, 1.807) is 11.9 Å². The molecular formula is C21H16N2O2. The minimum atomic E-state index is -0.0918. The van der Waals surface area contributed by atoms with E-state index in [0.29, 0.717) is 11.4 Å². The van der Waals surface area contributed by atoms with E-state index in [2.05, 4.69) is 4.99 Å². The zero-order valence-corrected chi connectivity index (χ0v) is 13.7. The minimum absolute atomic E-state index is 0.0918. The van der Waals surface area contributed by atoms with Crippen molar-refractivity contribution < 1.29 is 9.53 Å². The Balaban J connectivity index is 1.61. The monoisotopic (exact) mass is 328 g/mol. The van der Waals surface area contributed by atoms with Crippen molar-refractivity contribution in [3.8, 4) is 11.5 Å². The molecule has 0 N–H and O–H groups in total. The molecule has 0 radical (unpaired) electrons. The van der Waals surface area contributed by atoms with Crippen LogP contribution in [0.2, 0.25) is 0 Å². The molecule has 25 heavy (non-hydrogen) atoms. The largest absolute Gasteiger partial charge is 0.457 e. The summed E-state index contributed by atoms with van der Waals surface area (Å²) in [6.07, 6.45) is 0. The normalized spacial score (nSPS) is 14.7. The van der Waals surface area contributed by atoms with Gasteiger partial charge in [-0.15, -0.1) is 0 Å². The Morgan fingerprint density at radius 2 is 1.44 bits per heavy atom. The van der Waals surface area contributed by atoms with Gasteiger partial charge in [-0.3, -0.25) is 4.79 Å². The number of anilines is 1. The molecular weight excluding hydrogens is 312 g/mol. The van der Waals surface area contributed by atoms with Crippen molar-refractivity contribution in [3.05, 3.63) is 84.4 Å². The van der Waals surface area contributed by atoms with Gasteiger partial charge in [0, 0.05) is 12.6 Å². The van der Waals surface area contributed by atoms with E-state index in [1.807, 2.05) is 78.9 Å². The smallest absolute Gasteiger partial charge is 0.277 e. The van der Waals surface area contributed by atoms with E-state index in [1.165, 1.54) is 0 Å². The predicted molar refractivity (Wildman–Crippen MR) is 99.0 cm³/mol. The van der Waals surface area contributed by atoms with Crippen LogP contribution in [0.5, 0.6) is 11.5 Å². The molecule has 3 aromatic rings. The second-order valence-corrected chi connectivity index (χ2v) is 5.75. The number of nitrogens with zero attached hydrogens (tertiary/aromatic N) is 2. The summed E-state index contributed by atoms with van der Waals surface area (Å²) in [4.78, 5) is 18.6. The van der Waals surface area contributed by atoms with Gasteiger partial charge in [-0.25, -0.2) is 4.99 Å². The van der Waals surface area contributed by atoms with E-state index in [0.717, 1.165) is 22.7 Å². The summed E-state index contributed by atoms with van der Waals surface area (Å²) in [5.41, 5.74) is 2.93. The fourth-order valence-electron chi connectivity index (χ4n) is 2.80. The third kappa shape index (κ3) is 2.90. The topological polar surface area (TPSA) is 41.9 Å². The van der Waals surface area contributed by atoms with Gasteiger partial charge in [0.2, 0.25) is 0 Å². The molecule has 3 aromatic carbocycles. The molecule has 0 unspecified atom stereocenters. The van der Waals surface area contributed by atoms with Crippen LogP contribution in [-0.4, -0.2) is 18.7 Å². The Bertz CT molecular complexity index is 947. The lowest BCUT2D eigenvalue weighted by atomic mass is 10.1. The van der Waals surface area contributed by atoms with Crippen LogP contribution in [-0.2, 0) is 4.79 Å². The number of likely N-dealkylation sites (N-methyl/N-ethyl adjacent to an activating group) is 1. The van der Waals surface area contributed by atoms with Crippen molar-refractivity contribution in [2.75, 3.05) is 11.9 Å². The maximum absolute atomic E-state index is 12.4. The van der Waals surface area contributed by atoms with Crippen LogP contribution >= 0.6 is 0 Å². The highest BCUT2D eigenvalue weighted by atomic mass is 16.5. The highest BCUT2D eigenvalue weighted by Crippen LogP contribution is 2.30. The van der Waals surface area contributed by atoms with Crippen LogP contribution in [0.1, 0.15) is 5.56 Å². The maximum atomic E-state index is 12.4. The highest BCUT2D eigenvalue weighted by molar-refractivity contribution is 6.54. The summed E-state index contributed by atoms with van der Waals surface area (Å²) in [6.45, 7) is 0. The van der Waals surface area contributed by atoms with E-state index in [4.69, 9.17) is 4.74 Å². The molecule has 4 heteroatoms. The van der Waals surface area contributed by atoms with Crippen LogP contribution in [0.3, 0.4) is 0 Å². The van der Waals surface area contributed by atoms with Crippen LogP contribution in [0, 0.1) is 0 Å². The van der Waals surface area contributed by atoms with Crippen molar-refractivity contribution in [3.63, 3.8) is 0 Å². The number of carbonyl (C=O) groups excluding carboxylic acids is 1. The van der Waals surface area contributed by atoms with Gasteiger partial charge in [0.15, 0.2) is 0 Å². The molecule has 1 heterocycles. The number of para-hydroxylation sites is 2. The number of aliphatic imine (C=N–C) groups is 1. The lowest BCUT2D eigenvalue weighted by Gasteiger charge is -2.07. The molecule has 0 aromatic heterocycles. The molecule has 0 fully saturated rings. The Kier molecular flexibility index (Phi) is 3.78. The summed E-state index contributed by atoms with van der Waals surface area (Å²) >= 11 is 0. The van der Waals surface area contributed by atoms with Crippen molar-refractivity contribution in [2.24, 2.45) is 4.99 Å². The SMILES string of the molecule is CN1C(=O)C(=Nc2ccc(Oc3ccccc3)cc2)c2ccccc21. The number of carbonyl (C=O) groups is 1. The van der Waals surface area contributed by atoms with E-state index in [-0.39, 0.29) is 5.91 Å². The first-order valence-corrected chi connectivity index (χ1v) is 8.01. The van der Waals surface area contributed by atoms with Gasteiger partial charge >= 0.3 is 0 Å². The van der Waals surface area contributed by atoms with E-state index >= 15 is 0 Å². The molecule has 0 saturated carbocycles. The summed E-state index contributed by atoms with van der Waals surface area (Å²) in [5.74, 6) is 1.42. The molecule has 0 saturated heterocycles. The number of amides is 1. The average Bonchev–Trinajstić information content (AvgIpc) is 2.89. The predicted octanol–water partition coefficient (Wildman–Crippen LogP) is 4.58. The van der Waals surface area contributed by atoms with Crippen LogP contribution in [0.25, 0.3) is 0 Å². The van der Waals surface area contributed by atoms with Gasteiger partial charge in [0.05, 0.1) is 11.4 Å². The highest BCUT2D eigenvalue weighted by Gasteiger charge is 2.30. The van der Waals surface area contributed by atoms with Crippen molar-refractivity contribution in [2.45, 2.75) is 0 Å². The summed E-state index contributed by atoms with van der Waals surface area (Å²) in [7, 11) is 1.76. The Hall–Kier alpha value is -3.40. The molecule has 1 amide bonds. The van der Waals surface area contributed by atoms with Gasteiger partial charge in [-0.05, 0) is 42.5 Å². The lowest BCUT2D eigenvalue weighted by Crippen LogP contribution is -2.25. The summed E-state index contributed by atoms with van der Waals surface area (Å²) < 4.78 is 5.77. The number of rotatable bonds is 3. The van der Waals surface area contributed by atoms with Gasteiger partial charge in [0.25, 0.3) is 5.91 Å². The quantitative estimate of drug-likeness (QED) is 0.706. The number of benzene rings is 3. The van der Waals surface area contributed by atoms with E-state index < -0.39 is 0 Å². The molecule has 1 aliphatic rings. The lowest BCUT2D eigenvalue weighted by molar-refractivity contribution is -0.111. The molecule has 0 bridgehead atoms. The number of hydrogen-bond acceptors (Lipinski definition) is 3. The summed E-state index contributed by atoms with van der Waals surface area (Å²) in [6, 6.07) is 24.7. The Morgan fingerprint density at radius 3 is 2.20 bits per heavy atom. The molecule has 0 atom stereocenters. The molecule has 0 aliphatic carbocycles. The van der Waals surface area contributed by atoms with Crippen molar-refractivity contribution >= 4 is 23.0 Å². The second-order valence-electron chi connectivity index (χ2n) is 5.75. The maximum Gasteiger partial charge on any atom is 0.277 e. The Morgan fingerprint density at radius 1 is 0.800 bits per heavy atom. The standard InChI is InChI=1S/C21H16N2O2/c1-23-19-10-6-5-9-18(19)20(21(23)24)22-15-11-13-17(14-12-15)25-16-7-3-2-4-8-16/h2-14H,1H3. The molecule has 0 spiro atoms. The average molecular weight is 328 g/mol. The van der Waals surface area contributed by atoms with Gasteiger partial charge in [-0.1, -0.05) is 36.4 Å². The van der Waals surface area contributed by atoms with Crippen molar-refractivity contribution in [1.29, 1.82) is 0 Å². The summed E-state index contributed by atoms with van der Waals surface area (Å²) in [5, 5.41) is 0. The Labute approximate surface area is 146 Å². The van der Waals surface area contributed by atoms with Crippen LogP contribution < -0.4 is 9.64 Å². The molecule has 4 rings (SSSR count). The molecule has 1 aliphatic heterocycles. The first-order chi connectivity index (χ1) is 12.2. The molecule has 122 valence electrons. The van der Waals surface area contributed by atoms with Gasteiger partial charge in [0.1, 0.15) is 17.2 Å². The fraction of sp³-hybridized carbons (Fsp3) is 0.0476. The fourth-order valence-corrected chi connectivity index (χ4v) is 2.80. The first kappa shape index (κ1) is 15.1. The van der Waals surface area contributed by atoms with Crippen LogP contribution in [0.15, 0.2) is 83.9 Å². The minimum Gasteiger partial charge on any atom is -0.457 e.